The summed E-state index contributed by atoms with van der Waals surface area (Å²) in [5.41, 5.74) is 0.318. The second-order valence-corrected chi connectivity index (χ2v) is 7.45. The summed E-state index contributed by atoms with van der Waals surface area (Å²) in [6, 6.07) is 5.76. The van der Waals surface area contributed by atoms with Crippen molar-refractivity contribution < 1.29 is 18.4 Å². The molecule has 0 aliphatic rings. The molecule has 19 heavy (non-hydrogen) atoms. The van der Waals surface area contributed by atoms with Crippen molar-refractivity contribution >= 4 is 14.5 Å². The lowest BCUT2D eigenvalue weighted by Gasteiger charge is -2.25. The predicted octanol–water partition coefficient (Wildman–Crippen LogP) is 2.38. The Morgan fingerprint density at radius 2 is 1.95 bits per heavy atom. The minimum absolute atomic E-state index is 0.290. The summed E-state index contributed by atoms with van der Waals surface area (Å²) in [6.45, 7) is 7.36. The van der Waals surface area contributed by atoms with Crippen LogP contribution in [0.4, 0.5) is 0 Å². The van der Waals surface area contributed by atoms with E-state index in [0.717, 1.165) is 0 Å². The third kappa shape index (κ3) is 5.50. The molecule has 1 rings (SSSR count). The van der Waals surface area contributed by atoms with Gasteiger partial charge in [0.2, 0.25) is 0 Å². The molecule has 6 heteroatoms. The number of ether oxygens (including phenoxy) is 1. The lowest BCUT2D eigenvalue weighted by molar-refractivity contribution is 0.0506. The summed E-state index contributed by atoms with van der Waals surface area (Å²) < 4.78 is 16.5. The Balaban J connectivity index is 2.42. The Morgan fingerprint density at radius 1 is 1.26 bits per heavy atom. The van der Waals surface area contributed by atoms with E-state index in [1.54, 1.807) is 24.4 Å². The first-order valence-electron chi connectivity index (χ1n) is 6.47. The van der Waals surface area contributed by atoms with E-state index in [4.69, 9.17) is 13.6 Å². The van der Waals surface area contributed by atoms with Crippen LogP contribution in [0.15, 0.2) is 24.4 Å². The highest BCUT2D eigenvalue weighted by Gasteiger charge is 2.30. The molecule has 0 bridgehead atoms. The molecule has 1 aromatic heterocycles. The van der Waals surface area contributed by atoms with Gasteiger partial charge in [0.15, 0.2) is 0 Å². The van der Waals surface area contributed by atoms with Crippen LogP contribution in [0, 0.1) is 0 Å². The lowest BCUT2D eigenvalue weighted by Crippen LogP contribution is -2.40. The summed E-state index contributed by atoms with van der Waals surface area (Å²) >= 11 is 0. The molecule has 106 valence electrons. The quantitative estimate of drug-likeness (QED) is 0.541. The number of hydrogen-bond donors (Lipinski definition) is 0. The average molecular weight is 283 g/mol. The van der Waals surface area contributed by atoms with E-state index in [1.807, 2.05) is 20.4 Å². The van der Waals surface area contributed by atoms with Crippen molar-refractivity contribution in [1.82, 2.24) is 4.98 Å². The fourth-order valence-corrected chi connectivity index (χ4v) is 3.75. The standard InChI is InChI=1S/C13H21NO4Si/c1-4-17-19(3,18-5-2)11-10-16-13(15)12-8-6-7-9-14-12/h6-9H,4-5,10-11H2,1-3H3. The molecule has 0 fully saturated rings. The fourth-order valence-electron chi connectivity index (χ4n) is 1.68. The van der Waals surface area contributed by atoms with Gasteiger partial charge in [-0.2, -0.15) is 0 Å². The summed E-state index contributed by atoms with van der Waals surface area (Å²) in [7, 11) is -2.21. The summed E-state index contributed by atoms with van der Waals surface area (Å²) in [5.74, 6) is -0.412. The smallest absolute Gasteiger partial charge is 0.356 e. The topological polar surface area (TPSA) is 57.7 Å². The van der Waals surface area contributed by atoms with Gasteiger partial charge in [-0.15, -0.1) is 0 Å². The zero-order valence-electron chi connectivity index (χ0n) is 11.7. The molecule has 1 heterocycles. The monoisotopic (exact) mass is 283 g/mol. The predicted molar refractivity (Wildman–Crippen MR) is 74.2 cm³/mol. The number of pyridine rings is 1. The van der Waals surface area contributed by atoms with E-state index in [9.17, 15) is 4.79 Å². The maximum Gasteiger partial charge on any atom is 0.356 e. The normalized spacial score (nSPS) is 11.3. The van der Waals surface area contributed by atoms with Crippen LogP contribution >= 0.6 is 0 Å². The minimum Gasteiger partial charge on any atom is -0.461 e. The molecular formula is C13H21NO4Si. The molecule has 0 atom stereocenters. The average Bonchev–Trinajstić information content (AvgIpc) is 2.40. The molecule has 0 aromatic carbocycles. The summed E-state index contributed by atoms with van der Waals surface area (Å²) in [6.07, 6.45) is 1.57. The van der Waals surface area contributed by atoms with Crippen LogP contribution in [-0.4, -0.2) is 39.3 Å². The largest absolute Gasteiger partial charge is 0.461 e. The SMILES string of the molecule is CCO[Si](C)(CCOC(=O)c1ccccn1)OCC. The van der Waals surface area contributed by atoms with Crippen molar-refractivity contribution in [3.05, 3.63) is 30.1 Å². The highest BCUT2D eigenvalue weighted by Crippen LogP contribution is 2.14. The molecule has 5 nitrogen and oxygen atoms in total. The summed E-state index contributed by atoms with van der Waals surface area (Å²) in [5, 5.41) is 0. The molecule has 0 saturated heterocycles. The Morgan fingerprint density at radius 3 is 2.47 bits per heavy atom. The Hall–Kier alpha value is -1.24. The van der Waals surface area contributed by atoms with Crippen LogP contribution in [0.1, 0.15) is 24.3 Å². The lowest BCUT2D eigenvalue weighted by atomic mass is 10.4. The van der Waals surface area contributed by atoms with Gasteiger partial charge in [0, 0.05) is 25.5 Å². The summed E-state index contributed by atoms with van der Waals surface area (Å²) in [4.78, 5) is 15.6. The van der Waals surface area contributed by atoms with Crippen LogP contribution in [-0.2, 0) is 13.6 Å². The van der Waals surface area contributed by atoms with Crippen molar-refractivity contribution in [3.63, 3.8) is 0 Å². The van der Waals surface area contributed by atoms with Crippen LogP contribution in [0.3, 0.4) is 0 Å². The molecule has 0 amide bonds. The molecule has 0 N–H and O–H groups in total. The first-order chi connectivity index (χ1) is 9.11. The number of nitrogens with zero attached hydrogens (tertiary/aromatic N) is 1. The van der Waals surface area contributed by atoms with Gasteiger partial charge in [0.1, 0.15) is 5.69 Å². The van der Waals surface area contributed by atoms with Gasteiger partial charge in [-0.25, -0.2) is 9.78 Å². The van der Waals surface area contributed by atoms with Gasteiger partial charge in [-0.05, 0) is 32.5 Å². The number of esters is 1. The van der Waals surface area contributed by atoms with Crippen LogP contribution in [0.25, 0.3) is 0 Å². The number of aromatic nitrogens is 1. The van der Waals surface area contributed by atoms with Gasteiger partial charge in [0.05, 0.1) is 6.61 Å². The maximum absolute atomic E-state index is 11.7. The van der Waals surface area contributed by atoms with Gasteiger partial charge in [-0.3, -0.25) is 0 Å². The number of hydrogen-bond acceptors (Lipinski definition) is 5. The molecule has 1 aromatic rings. The first kappa shape index (κ1) is 15.8. The van der Waals surface area contributed by atoms with Crippen molar-refractivity contribution in [2.45, 2.75) is 26.4 Å². The van der Waals surface area contributed by atoms with Crippen LogP contribution < -0.4 is 0 Å². The van der Waals surface area contributed by atoms with Crippen molar-refractivity contribution in [2.75, 3.05) is 19.8 Å². The molecule has 0 aliphatic heterocycles. The highest BCUT2D eigenvalue weighted by atomic mass is 28.4. The second-order valence-electron chi connectivity index (χ2n) is 4.10. The Kier molecular flexibility index (Phi) is 6.69. The number of rotatable bonds is 8. The fraction of sp³-hybridized carbons (Fsp3) is 0.538. The highest BCUT2D eigenvalue weighted by molar-refractivity contribution is 6.66. The molecule has 0 spiro atoms. The Labute approximate surface area is 115 Å². The van der Waals surface area contributed by atoms with Crippen molar-refractivity contribution in [1.29, 1.82) is 0 Å². The van der Waals surface area contributed by atoms with E-state index in [1.165, 1.54) is 0 Å². The van der Waals surface area contributed by atoms with Crippen molar-refractivity contribution in [3.8, 4) is 0 Å². The van der Waals surface area contributed by atoms with E-state index < -0.39 is 14.5 Å². The van der Waals surface area contributed by atoms with Gasteiger partial charge < -0.3 is 13.6 Å². The van der Waals surface area contributed by atoms with Crippen LogP contribution in [0.2, 0.25) is 12.6 Å². The molecule has 0 aliphatic carbocycles. The maximum atomic E-state index is 11.7. The molecule has 0 saturated carbocycles. The third-order valence-corrected chi connectivity index (χ3v) is 5.47. The zero-order valence-corrected chi connectivity index (χ0v) is 12.7. The Bertz CT molecular complexity index is 379. The van der Waals surface area contributed by atoms with E-state index >= 15 is 0 Å². The molecule has 0 radical (unpaired) electrons. The van der Waals surface area contributed by atoms with E-state index in [0.29, 0.717) is 25.0 Å². The number of carbonyl (C=O) groups excluding carboxylic acids is 1. The molecule has 0 unspecified atom stereocenters. The zero-order chi connectivity index (χ0) is 14.1. The minimum atomic E-state index is -2.21. The first-order valence-corrected chi connectivity index (χ1v) is 8.99. The van der Waals surface area contributed by atoms with Crippen molar-refractivity contribution in [2.24, 2.45) is 0 Å². The van der Waals surface area contributed by atoms with Gasteiger partial charge >= 0.3 is 14.5 Å². The van der Waals surface area contributed by atoms with Crippen LogP contribution in [0.5, 0.6) is 0 Å². The van der Waals surface area contributed by atoms with Gasteiger partial charge in [-0.1, -0.05) is 6.07 Å². The second kappa shape index (κ2) is 8.03. The number of carbonyl (C=O) groups is 1. The van der Waals surface area contributed by atoms with E-state index in [-0.39, 0.29) is 6.61 Å². The van der Waals surface area contributed by atoms with Gasteiger partial charge in [0.25, 0.3) is 0 Å². The third-order valence-electron chi connectivity index (χ3n) is 2.56. The molecular weight excluding hydrogens is 262 g/mol. The van der Waals surface area contributed by atoms with E-state index in [2.05, 4.69) is 4.98 Å².